The predicted octanol–water partition coefficient (Wildman–Crippen LogP) is 7.05. The Kier molecular flexibility index (Phi) is 8.91. The van der Waals surface area contributed by atoms with Gasteiger partial charge in [0.2, 0.25) is 5.91 Å². The SMILES string of the molecule is CCCCC(C)(C)C(=O)n1c(=O)ccc2ccc(OCCCCN3CCN(c4cccc5sccc45)CC3)cc21. The molecule has 1 aliphatic rings. The molecule has 212 valence electrons. The van der Waals surface area contributed by atoms with Crippen LogP contribution in [0.5, 0.6) is 5.75 Å². The van der Waals surface area contributed by atoms with E-state index in [1.807, 2.05) is 43.4 Å². The van der Waals surface area contributed by atoms with Crippen LogP contribution in [0.15, 0.2) is 64.8 Å². The number of hydrogen-bond acceptors (Lipinski definition) is 6. The van der Waals surface area contributed by atoms with E-state index in [9.17, 15) is 9.59 Å². The minimum Gasteiger partial charge on any atom is -0.494 e. The lowest BCUT2D eigenvalue weighted by molar-refractivity contribution is 0.0731. The first-order valence-electron chi connectivity index (χ1n) is 14.6. The molecule has 0 spiro atoms. The van der Waals surface area contributed by atoms with Gasteiger partial charge in [-0.05, 0) is 73.0 Å². The molecule has 0 aliphatic carbocycles. The van der Waals surface area contributed by atoms with Crippen molar-refractivity contribution in [2.45, 2.75) is 52.9 Å². The first-order valence-corrected chi connectivity index (χ1v) is 15.5. The van der Waals surface area contributed by atoms with Crippen LogP contribution in [0.3, 0.4) is 0 Å². The molecule has 0 N–H and O–H groups in total. The van der Waals surface area contributed by atoms with Gasteiger partial charge < -0.3 is 9.64 Å². The molecule has 4 aromatic rings. The van der Waals surface area contributed by atoms with E-state index < -0.39 is 5.41 Å². The van der Waals surface area contributed by atoms with Crippen molar-refractivity contribution in [3.8, 4) is 5.75 Å². The third kappa shape index (κ3) is 6.26. The number of fused-ring (bicyclic) bond motifs is 2. The summed E-state index contributed by atoms with van der Waals surface area (Å²) in [4.78, 5) is 31.3. The van der Waals surface area contributed by atoms with Crippen LogP contribution in [0.25, 0.3) is 21.0 Å². The molecule has 0 unspecified atom stereocenters. The molecule has 1 aliphatic heterocycles. The van der Waals surface area contributed by atoms with E-state index in [2.05, 4.69) is 46.4 Å². The second-order valence-corrected chi connectivity index (χ2v) is 12.5. The Morgan fingerprint density at radius 1 is 0.975 bits per heavy atom. The fourth-order valence-corrected chi connectivity index (χ4v) is 6.44. The van der Waals surface area contributed by atoms with Crippen molar-refractivity contribution in [2.24, 2.45) is 5.41 Å². The maximum Gasteiger partial charge on any atom is 0.257 e. The van der Waals surface area contributed by atoms with Crippen LogP contribution in [0.1, 0.15) is 57.7 Å². The minimum absolute atomic E-state index is 0.152. The number of carbonyl (C=O) groups is 1. The van der Waals surface area contributed by atoms with Gasteiger partial charge in [-0.15, -0.1) is 11.3 Å². The molecule has 1 saturated heterocycles. The quantitative estimate of drug-likeness (QED) is 0.184. The minimum atomic E-state index is -0.603. The lowest BCUT2D eigenvalue weighted by Gasteiger charge is -2.36. The van der Waals surface area contributed by atoms with Gasteiger partial charge in [-0.1, -0.05) is 39.7 Å². The van der Waals surface area contributed by atoms with E-state index in [0.717, 1.165) is 70.2 Å². The smallest absolute Gasteiger partial charge is 0.257 e. The Balaban J connectivity index is 1.13. The van der Waals surface area contributed by atoms with E-state index in [1.54, 1.807) is 6.07 Å². The summed E-state index contributed by atoms with van der Waals surface area (Å²) in [6.07, 6.45) is 4.75. The summed E-state index contributed by atoms with van der Waals surface area (Å²) in [6.45, 7) is 11.9. The number of ether oxygens (including phenoxy) is 1. The third-order valence-corrected chi connectivity index (χ3v) is 9.01. The van der Waals surface area contributed by atoms with Gasteiger partial charge in [0.1, 0.15) is 5.75 Å². The standard InChI is InChI=1S/C33H41N3O3S/c1-4-5-16-33(2,3)32(38)36-29-24-26(13-11-25(29)12-14-31(36)37)39-22-7-6-17-34-18-20-35(21-19-34)28-9-8-10-30-27(28)15-23-40-30/h8-15,23-24H,4-7,16-22H2,1-3H3. The molecule has 0 bridgehead atoms. The molecule has 1 fully saturated rings. The molecule has 3 heterocycles. The highest BCUT2D eigenvalue weighted by molar-refractivity contribution is 7.17. The number of thiophene rings is 1. The molecule has 0 atom stereocenters. The summed E-state index contributed by atoms with van der Waals surface area (Å²) < 4.78 is 8.79. The van der Waals surface area contributed by atoms with E-state index in [1.165, 1.54) is 26.4 Å². The lowest BCUT2D eigenvalue weighted by atomic mass is 9.86. The average Bonchev–Trinajstić information content (AvgIpc) is 3.45. The summed E-state index contributed by atoms with van der Waals surface area (Å²) in [6, 6.07) is 17.8. The molecule has 2 aromatic carbocycles. The first-order chi connectivity index (χ1) is 19.4. The molecule has 40 heavy (non-hydrogen) atoms. The average molecular weight is 560 g/mol. The van der Waals surface area contributed by atoms with Crippen LogP contribution < -0.4 is 15.2 Å². The van der Waals surface area contributed by atoms with Crippen LogP contribution in [0, 0.1) is 5.41 Å². The lowest BCUT2D eigenvalue weighted by Crippen LogP contribution is -2.46. The summed E-state index contributed by atoms with van der Waals surface area (Å²) in [5, 5.41) is 4.41. The highest BCUT2D eigenvalue weighted by Gasteiger charge is 2.30. The van der Waals surface area contributed by atoms with Crippen LogP contribution in [0.4, 0.5) is 5.69 Å². The Bertz CT molecular complexity index is 1510. The molecule has 2 aromatic heterocycles. The predicted molar refractivity (Wildman–Crippen MR) is 167 cm³/mol. The number of pyridine rings is 1. The Hall–Kier alpha value is -3.16. The largest absolute Gasteiger partial charge is 0.494 e. The van der Waals surface area contributed by atoms with E-state index >= 15 is 0 Å². The van der Waals surface area contributed by atoms with Crippen LogP contribution in [0.2, 0.25) is 0 Å². The Morgan fingerprint density at radius 3 is 2.58 bits per heavy atom. The number of anilines is 1. The highest BCUT2D eigenvalue weighted by atomic mass is 32.1. The summed E-state index contributed by atoms with van der Waals surface area (Å²) in [5.41, 5.74) is 1.09. The molecule has 0 amide bonds. The van der Waals surface area contributed by atoms with Gasteiger partial charge in [0.15, 0.2) is 0 Å². The van der Waals surface area contributed by atoms with Crippen molar-refractivity contribution in [2.75, 3.05) is 44.2 Å². The number of hydrogen-bond donors (Lipinski definition) is 0. The van der Waals surface area contributed by atoms with Crippen molar-refractivity contribution in [3.63, 3.8) is 0 Å². The molecular formula is C33H41N3O3S. The second-order valence-electron chi connectivity index (χ2n) is 11.5. The maximum absolute atomic E-state index is 13.4. The number of nitrogens with zero attached hydrogens (tertiary/aromatic N) is 3. The maximum atomic E-state index is 13.4. The Morgan fingerprint density at radius 2 is 1.77 bits per heavy atom. The van der Waals surface area contributed by atoms with E-state index in [-0.39, 0.29) is 11.5 Å². The van der Waals surface area contributed by atoms with Gasteiger partial charge in [-0.3, -0.25) is 14.5 Å². The summed E-state index contributed by atoms with van der Waals surface area (Å²) >= 11 is 1.81. The number of carbonyl (C=O) groups excluding carboxylic acids is 1. The van der Waals surface area contributed by atoms with Crippen LogP contribution >= 0.6 is 11.3 Å². The van der Waals surface area contributed by atoms with Gasteiger partial charge in [0, 0.05) is 59.5 Å². The zero-order valence-electron chi connectivity index (χ0n) is 24.0. The van der Waals surface area contributed by atoms with Crippen molar-refractivity contribution in [1.82, 2.24) is 9.47 Å². The molecule has 5 rings (SSSR count). The number of unbranched alkanes of at least 4 members (excludes halogenated alkanes) is 2. The number of rotatable bonds is 11. The number of aromatic nitrogens is 1. The number of benzene rings is 2. The first kappa shape index (κ1) is 28.4. The van der Waals surface area contributed by atoms with Crippen molar-refractivity contribution >= 4 is 43.9 Å². The van der Waals surface area contributed by atoms with Crippen molar-refractivity contribution in [3.05, 3.63) is 70.3 Å². The highest BCUT2D eigenvalue weighted by Crippen LogP contribution is 2.31. The van der Waals surface area contributed by atoms with Gasteiger partial charge in [-0.2, -0.15) is 0 Å². The van der Waals surface area contributed by atoms with Crippen LogP contribution in [-0.2, 0) is 0 Å². The number of piperazine rings is 1. The summed E-state index contributed by atoms with van der Waals surface area (Å²) in [5.74, 6) is 0.544. The zero-order valence-corrected chi connectivity index (χ0v) is 24.8. The molecule has 0 radical (unpaired) electrons. The second kappa shape index (κ2) is 12.6. The summed E-state index contributed by atoms with van der Waals surface area (Å²) in [7, 11) is 0. The van der Waals surface area contributed by atoms with Gasteiger partial charge >= 0.3 is 0 Å². The molecular weight excluding hydrogens is 518 g/mol. The van der Waals surface area contributed by atoms with Crippen molar-refractivity contribution in [1.29, 1.82) is 0 Å². The normalized spacial score (nSPS) is 14.7. The van der Waals surface area contributed by atoms with E-state index in [0.29, 0.717) is 17.9 Å². The third-order valence-electron chi connectivity index (χ3n) is 8.13. The topological polar surface area (TPSA) is 54.8 Å². The Labute approximate surface area is 241 Å². The fraction of sp³-hybridized carbons (Fsp3) is 0.455. The molecule has 7 heteroatoms. The zero-order chi connectivity index (χ0) is 28.1. The molecule has 0 saturated carbocycles. The molecule has 6 nitrogen and oxygen atoms in total. The van der Waals surface area contributed by atoms with Crippen LogP contribution in [-0.4, -0.2) is 54.7 Å². The van der Waals surface area contributed by atoms with E-state index in [4.69, 9.17) is 4.74 Å². The van der Waals surface area contributed by atoms with Crippen molar-refractivity contribution < 1.29 is 9.53 Å². The van der Waals surface area contributed by atoms with Gasteiger partial charge in [-0.25, -0.2) is 4.57 Å². The van der Waals surface area contributed by atoms with Gasteiger partial charge in [0.05, 0.1) is 12.1 Å². The monoisotopic (exact) mass is 559 g/mol. The fourth-order valence-electron chi connectivity index (χ4n) is 5.63. The van der Waals surface area contributed by atoms with Gasteiger partial charge in [0.25, 0.3) is 5.56 Å².